The van der Waals surface area contributed by atoms with E-state index in [9.17, 15) is 9.59 Å². The fourth-order valence-corrected chi connectivity index (χ4v) is 2.53. The van der Waals surface area contributed by atoms with Crippen LogP contribution in [0.1, 0.15) is 12.8 Å². The number of likely N-dealkylation sites (tertiary alicyclic amines) is 1. The number of ether oxygens (including phenoxy) is 1. The minimum absolute atomic E-state index is 0.126. The normalized spacial score (nSPS) is 13.4. The molecule has 0 aliphatic carbocycles. The summed E-state index contributed by atoms with van der Waals surface area (Å²) in [5.74, 6) is 0.364. The van der Waals surface area contributed by atoms with E-state index in [1.54, 1.807) is 41.3 Å². The highest BCUT2D eigenvalue weighted by Crippen LogP contribution is 2.19. The van der Waals surface area contributed by atoms with Gasteiger partial charge in [-0.1, -0.05) is 24.3 Å². The van der Waals surface area contributed by atoms with Crippen molar-refractivity contribution in [2.24, 2.45) is 0 Å². The Morgan fingerprint density at radius 3 is 2.33 bits per heavy atom. The average Bonchev–Trinajstić information content (AvgIpc) is 3.10. The van der Waals surface area contributed by atoms with Crippen molar-refractivity contribution < 1.29 is 14.3 Å². The van der Waals surface area contributed by atoms with Crippen molar-refractivity contribution >= 4 is 23.5 Å². The number of urea groups is 1. The van der Waals surface area contributed by atoms with Crippen molar-refractivity contribution in [2.45, 2.75) is 12.8 Å². The van der Waals surface area contributed by atoms with Crippen molar-refractivity contribution in [3.63, 3.8) is 0 Å². The van der Waals surface area contributed by atoms with Gasteiger partial charge in [0.1, 0.15) is 5.75 Å². The van der Waals surface area contributed by atoms with Gasteiger partial charge >= 0.3 is 12.1 Å². The maximum Gasteiger partial charge on any atom is 0.417 e. The zero-order valence-corrected chi connectivity index (χ0v) is 13.2. The highest BCUT2D eigenvalue weighted by molar-refractivity contribution is 5.90. The van der Waals surface area contributed by atoms with Crippen LogP contribution in [-0.2, 0) is 0 Å². The molecule has 1 heterocycles. The zero-order chi connectivity index (χ0) is 16.8. The molecule has 1 saturated heterocycles. The Bertz CT molecular complexity index is 712. The zero-order valence-electron chi connectivity index (χ0n) is 13.2. The molecule has 0 atom stereocenters. The second-order valence-corrected chi connectivity index (χ2v) is 5.53. The van der Waals surface area contributed by atoms with Crippen LogP contribution in [0.4, 0.5) is 21.0 Å². The van der Waals surface area contributed by atoms with Crippen LogP contribution in [-0.4, -0.2) is 30.1 Å². The number of nitrogens with zero attached hydrogens (tertiary/aromatic N) is 1. The van der Waals surface area contributed by atoms with Crippen LogP contribution in [0.3, 0.4) is 0 Å². The quantitative estimate of drug-likeness (QED) is 0.898. The van der Waals surface area contributed by atoms with Gasteiger partial charge in [0.05, 0.1) is 0 Å². The summed E-state index contributed by atoms with van der Waals surface area (Å²) in [6.07, 6.45) is 1.50. The molecule has 0 saturated carbocycles. The third-order valence-corrected chi connectivity index (χ3v) is 3.71. The van der Waals surface area contributed by atoms with E-state index in [1.807, 2.05) is 18.2 Å². The van der Waals surface area contributed by atoms with Crippen LogP contribution >= 0.6 is 0 Å². The number of carbonyl (C=O) groups excluding carboxylic acids is 2. The molecule has 3 rings (SSSR count). The van der Waals surface area contributed by atoms with Crippen LogP contribution in [0.15, 0.2) is 54.6 Å². The van der Waals surface area contributed by atoms with Gasteiger partial charge in [-0.25, -0.2) is 9.59 Å². The lowest BCUT2D eigenvalue weighted by Gasteiger charge is -2.16. The number of rotatable bonds is 3. The van der Waals surface area contributed by atoms with E-state index in [0.29, 0.717) is 17.1 Å². The Morgan fingerprint density at radius 2 is 1.58 bits per heavy atom. The molecule has 2 aromatic rings. The summed E-state index contributed by atoms with van der Waals surface area (Å²) in [6.45, 7) is 1.56. The van der Waals surface area contributed by atoms with E-state index in [4.69, 9.17) is 4.74 Å². The smallest absolute Gasteiger partial charge is 0.410 e. The lowest BCUT2D eigenvalue weighted by molar-refractivity contribution is 0.215. The Kier molecular flexibility index (Phi) is 4.96. The number of hydrogen-bond donors (Lipinski definition) is 2. The third kappa shape index (κ3) is 4.25. The maximum atomic E-state index is 12.1. The number of nitrogens with one attached hydrogen (secondary N) is 2. The number of anilines is 2. The SMILES string of the molecule is O=C(Nc1ccccc1)Oc1cccc(NC(=O)N2CCCC2)c1. The third-order valence-electron chi connectivity index (χ3n) is 3.71. The summed E-state index contributed by atoms with van der Waals surface area (Å²) >= 11 is 0. The summed E-state index contributed by atoms with van der Waals surface area (Å²) in [5.41, 5.74) is 1.25. The average molecular weight is 325 g/mol. The summed E-state index contributed by atoms with van der Waals surface area (Å²) in [7, 11) is 0. The second kappa shape index (κ2) is 7.50. The first-order chi connectivity index (χ1) is 11.7. The van der Waals surface area contributed by atoms with Crippen molar-refractivity contribution in [2.75, 3.05) is 23.7 Å². The first-order valence-electron chi connectivity index (χ1n) is 7.90. The predicted molar refractivity (Wildman–Crippen MR) is 92.4 cm³/mol. The van der Waals surface area contributed by atoms with Gasteiger partial charge in [-0.2, -0.15) is 0 Å². The molecule has 6 nitrogen and oxygen atoms in total. The van der Waals surface area contributed by atoms with Crippen molar-refractivity contribution in [3.8, 4) is 5.75 Å². The highest BCUT2D eigenvalue weighted by Gasteiger charge is 2.17. The molecular weight excluding hydrogens is 306 g/mol. The van der Waals surface area contributed by atoms with Crippen molar-refractivity contribution in [1.29, 1.82) is 0 Å². The maximum absolute atomic E-state index is 12.1. The van der Waals surface area contributed by atoms with E-state index >= 15 is 0 Å². The first-order valence-corrected chi connectivity index (χ1v) is 7.90. The summed E-state index contributed by atoms with van der Waals surface area (Å²) in [5, 5.41) is 5.46. The van der Waals surface area contributed by atoms with Crippen LogP contribution in [0.2, 0.25) is 0 Å². The number of benzene rings is 2. The largest absolute Gasteiger partial charge is 0.417 e. The minimum atomic E-state index is -0.579. The van der Waals surface area contributed by atoms with Gasteiger partial charge in [0.2, 0.25) is 0 Å². The van der Waals surface area contributed by atoms with Gasteiger partial charge in [0.15, 0.2) is 0 Å². The second-order valence-electron chi connectivity index (χ2n) is 5.53. The summed E-state index contributed by atoms with van der Waals surface area (Å²) in [6, 6.07) is 15.7. The standard InChI is InChI=1S/C18H19N3O3/c22-17(21-11-4-5-12-21)19-15-9-6-10-16(13-15)24-18(23)20-14-7-2-1-3-8-14/h1-3,6-10,13H,4-5,11-12H2,(H,19,22)(H,20,23). The van der Waals surface area contributed by atoms with Crippen molar-refractivity contribution in [3.05, 3.63) is 54.6 Å². The van der Waals surface area contributed by atoms with Gasteiger partial charge in [-0.05, 0) is 37.1 Å². The summed E-state index contributed by atoms with van der Waals surface area (Å²) in [4.78, 5) is 25.8. The molecule has 124 valence electrons. The van der Waals surface area contributed by atoms with Gasteiger partial charge in [-0.15, -0.1) is 0 Å². The molecule has 0 spiro atoms. The van der Waals surface area contributed by atoms with E-state index in [0.717, 1.165) is 25.9 Å². The molecule has 0 aromatic heterocycles. The Balaban J connectivity index is 1.58. The van der Waals surface area contributed by atoms with E-state index in [2.05, 4.69) is 10.6 Å². The fraction of sp³-hybridized carbons (Fsp3) is 0.222. The monoisotopic (exact) mass is 325 g/mol. The Labute approximate surface area is 140 Å². The Morgan fingerprint density at radius 1 is 0.875 bits per heavy atom. The van der Waals surface area contributed by atoms with Crippen LogP contribution in [0.25, 0.3) is 0 Å². The molecule has 6 heteroatoms. The molecular formula is C18H19N3O3. The van der Waals surface area contributed by atoms with Gasteiger partial charge in [0, 0.05) is 30.5 Å². The first kappa shape index (κ1) is 15.9. The number of carbonyl (C=O) groups is 2. The van der Waals surface area contributed by atoms with Crippen molar-refractivity contribution in [1.82, 2.24) is 4.90 Å². The molecule has 1 aliphatic rings. The number of amides is 3. The van der Waals surface area contributed by atoms with Crippen LogP contribution in [0, 0.1) is 0 Å². The fourth-order valence-electron chi connectivity index (χ4n) is 2.53. The summed E-state index contributed by atoms with van der Waals surface area (Å²) < 4.78 is 5.25. The van der Waals surface area contributed by atoms with Gasteiger partial charge < -0.3 is 15.0 Å². The van der Waals surface area contributed by atoms with E-state index in [1.165, 1.54) is 0 Å². The highest BCUT2D eigenvalue weighted by atomic mass is 16.6. The predicted octanol–water partition coefficient (Wildman–Crippen LogP) is 3.93. The van der Waals surface area contributed by atoms with Crippen LogP contribution in [0.5, 0.6) is 5.75 Å². The van der Waals surface area contributed by atoms with Crippen LogP contribution < -0.4 is 15.4 Å². The molecule has 1 fully saturated rings. The molecule has 2 aromatic carbocycles. The molecule has 24 heavy (non-hydrogen) atoms. The molecule has 1 aliphatic heterocycles. The minimum Gasteiger partial charge on any atom is -0.410 e. The Hall–Kier alpha value is -3.02. The molecule has 0 radical (unpaired) electrons. The number of para-hydroxylation sites is 1. The van der Waals surface area contributed by atoms with Gasteiger partial charge in [0.25, 0.3) is 0 Å². The van der Waals surface area contributed by atoms with Gasteiger partial charge in [-0.3, -0.25) is 5.32 Å². The van der Waals surface area contributed by atoms with E-state index < -0.39 is 6.09 Å². The lowest BCUT2D eigenvalue weighted by atomic mass is 10.3. The topological polar surface area (TPSA) is 70.7 Å². The number of hydrogen-bond acceptors (Lipinski definition) is 3. The molecule has 0 bridgehead atoms. The van der Waals surface area contributed by atoms with E-state index in [-0.39, 0.29) is 6.03 Å². The molecule has 2 N–H and O–H groups in total. The lowest BCUT2D eigenvalue weighted by Crippen LogP contribution is -2.32. The molecule has 3 amide bonds. The molecule has 0 unspecified atom stereocenters.